The Balaban J connectivity index is 1.09. The standard InChI is InChI=1S/C34H33FN4O5S/c1-22-19-25(35)13-16-28(22)37-33-39(20-27-9-6-18-43-27)32(41)30(45-33)24-11-14-26(15-12-24)36-31(40)29-10-5-17-38(29)34(42)44-21-23-7-3-2-4-8-23/h2-4,6-9,11,13-16,18-19,24,29-30H,5,10,12,17,20-21H2,1H3,(H,36,40)/t24?,29-,30?/m0/s1. The molecule has 1 aromatic heterocycles. The van der Waals surface area contributed by atoms with E-state index < -0.39 is 17.4 Å². The van der Waals surface area contributed by atoms with Crippen LogP contribution in [0.4, 0.5) is 14.9 Å². The smallest absolute Gasteiger partial charge is 0.410 e. The number of aryl methyl sites for hydroxylation is 1. The van der Waals surface area contributed by atoms with E-state index in [4.69, 9.17) is 14.1 Å². The van der Waals surface area contributed by atoms with E-state index in [0.29, 0.717) is 53.7 Å². The highest BCUT2D eigenvalue weighted by Crippen LogP contribution is 2.38. The second-order valence-corrected chi connectivity index (χ2v) is 12.3. The molecule has 0 saturated carbocycles. The lowest BCUT2D eigenvalue weighted by molar-refractivity contribution is -0.127. The van der Waals surface area contributed by atoms with Crippen molar-refractivity contribution in [3.05, 3.63) is 114 Å². The molecule has 3 aromatic rings. The summed E-state index contributed by atoms with van der Waals surface area (Å²) in [5.41, 5.74) is 2.76. The maximum atomic E-state index is 13.7. The van der Waals surface area contributed by atoms with E-state index in [1.165, 1.54) is 28.8 Å². The topological polar surface area (TPSA) is 104 Å². The summed E-state index contributed by atoms with van der Waals surface area (Å²) in [5, 5.41) is 3.03. The van der Waals surface area contributed by atoms with Crippen molar-refractivity contribution < 1.29 is 27.9 Å². The van der Waals surface area contributed by atoms with Crippen molar-refractivity contribution in [3.8, 4) is 0 Å². The first-order valence-electron chi connectivity index (χ1n) is 14.9. The van der Waals surface area contributed by atoms with Gasteiger partial charge >= 0.3 is 6.09 Å². The predicted molar refractivity (Wildman–Crippen MR) is 169 cm³/mol. The molecule has 2 fully saturated rings. The highest BCUT2D eigenvalue weighted by molar-refractivity contribution is 8.15. The molecule has 1 aliphatic carbocycles. The van der Waals surface area contributed by atoms with E-state index in [1.54, 1.807) is 36.3 Å². The van der Waals surface area contributed by atoms with Crippen LogP contribution < -0.4 is 5.32 Å². The minimum Gasteiger partial charge on any atom is -0.467 e. The highest BCUT2D eigenvalue weighted by Gasteiger charge is 2.42. The SMILES string of the molecule is Cc1cc(F)ccc1N=C1SC(C2C=CC(NC(=O)[C@@H]3CCCN3C(=O)OCc3ccccc3)=CC2)C(=O)N1Cc1ccco1. The van der Waals surface area contributed by atoms with E-state index in [1.807, 2.05) is 48.6 Å². The number of rotatable bonds is 8. The summed E-state index contributed by atoms with van der Waals surface area (Å²) in [6.45, 7) is 2.61. The summed E-state index contributed by atoms with van der Waals surface area (Å²) in [6, 6.07) is 16.7. The third-order valence-electron chi connectivity index (χ3n) is 8.03. The van der Waals surface area contributed by atoms with Gasteiger partial charge < -0.3 is 14.5 Å². The summed E-state index contributed by atoms with van der Waals surface area (Å²) < 4.78 is 24.7. The average Bonchev–Trinajstić information content (AvgIpc) is 3.81. The molecule has 1 N–H and O–H groups in total. The van der Waals surface area contributed by atoms with Gasteiger partial charge in [-0.25, -0.2) is 14.2 Å². The van der Waals surface area contributed by atoms with Crippen molar-refractivity contribution >= 4 is 40.5 Å². The maximum Gasteiger partial charge on any atom is 0.410 e. The van der Waals surface area contributed by atoms with Gasteiger partial charge in [-0.15, -0.1) is 0 Å². The molecule has 11 heteroatoms. The zero-order valence-corrected chi connectivity index (χ0v) is 25.5. The summed E-state index contributed by atoms with van der Waals surface area (Å²) in [6.07, 6.45) is 8.50. The second-order valence-electron chi connectivity index (χ2n) is 11.2. The fraction of sp³-hybridized carbons (Fsp3) is 0.294. The van der Waals surface area contributed by atoms with Gasteiger partial charge in [-0.2, -0.15) is 0 Å². The van der Waals surface area contributed by atoms with Gasteiger partial charge in [0.05, 0.1) is 23.7 Å². The number of hydrogen-bond donors (Lipinski definition) is 1. The Morgan fingerprint density at radius 3 is 2.73 bits per heavy atom. The molecule has 9 nitrogen and oxygen atoms in total. The Morgan fingerprint density at radius 2 is 2.00 bits per heavy atom. The quantitative estimate of drug-likeness (QED) is 0.317. The molecule has 2 unspecified atom stereocenters. The van der Waals surface area contributed by atoms with Gasteiger partial charge in [0.25, 0.3) is 0 Å². The van der Waals surface area contributed by atoms with Crippen molar-refractivity contribution in [2.75, 3.05) is 6.54 Å². The van der Waals surface area contributed by atoms with Crippen LogP contribution in [0.2, 0.25) is 0 Å². The first-order valence-corrected chi connectivity index (χ1v) is 15.8. The van der Waals surface area contributed by atoms with Gasteiger partial charge in [-0.1, -0.05) is 54.2 Å². The Morgan fingerprint density at radius 1 is 1.16 bits per heavy atom. The number of ether oxygens (including phenoxy) is 1. The zero-order valence-electron chi connectivity index (χ0n) is 24.7. The molecule has 45 heavy (non-hydrogen) atoms. The Labute approximate surface area is 264 Å². The molecular weight excluding hydrogens is 595 g/mol. The summed E-state index contributed by atoms with van der Waals surface area (Å²) in [7, 11) is 0. The minimum atomic E-state index is -0.615. The fourth-order valence-corrected chi connectivity index (χ4v) is 6.89. The molecule has 3 amide bonds. The van der Waals surface area contributed by atoms with E-state index in [-0.39, 0.29) is 36.7 Å². The van der Waals surface area contributed by atoms with Gasteiger partial charge in [-0.05, 0) is 73.7 Å². The number of aliphatic imine (C=N–C) groups is 1. The first kappa shape index (κ1) is 30.4. The normalized spacial score (nSPS) is 22.2. The third kappa shape index (κ3) is 7.04. The van der Waals surface area contributed by atoms with Gasteiger partial charge in [0.1, 0.15) is 24.2 Å². The first-order chi connectivity index (χ1) is 21.9. The number of amides is 3. The van der Waals surface area contributed by atoms with Crippen molar-refractivity contribution in [1.29, 1.82) is 0 Å². The number of furan rings is 1. The largest absolute Gasteiger partial charge is 0.467 e. The summed E-state index contributed by atoms with van der Waals surface area (Å²) in [4.78, 5) is 47.5. The molecule has 232 valence electrons. The number of nitrogens with zero attached hydrogens (tertiary/aromatic N) is 3. The lowest BCUT2D eigenvalue weighted by Gasteiger charge is -2.25. The number of benzene rings is 2. The summed E-state index contributed by atoms with van der Waals surface area (Å²) >= 11 is 1.37. The lowest BCUT2D eigenvalue weighted by Crippen LogP contribution is -2.45. The van der Waals surface area contributed by atoms with Crippen molar-refractivity contribution in [1.82, 2.24) is 15.1 Å². The molecule has 0 spiro atoms. The van der Waals surface area contributed by atoms with Crippen LogP contribution in [-0.4, -0.2) is 50.7 Å². The fourth-order valence-electron chi connectivity index (χ4n) is 5.62. The number of carbonyl (C=O) groups excluding carboxylic acids is 3. The molecule has 3 aliphatic rings. The summed E-state index contributed by atoms with van der Waals surface area (Å²) in [5.74, 6) is -0.218. The Bertz CT molecular complexity index is 1660. The van der Waals surface area contributed by atoms with Gasteiger partial charge in [-0.3, -0.25) is 19.4 Å². The van der Waals surface area contributed by atoms with E-state index in [0.717, 1.165) is 5.56 Å². The van der Waals surface area contributed by atoms with Crippen LogP contribution in [0.25, 0.3) is 0 Å². The Hall–Kier alpha value is -4.64. The number of carbonyl (C=O) groups is 3. The van der Waals surface area contributed by atoms with Crippen molar-refractivity contribution in [2.24, 2.45) is 10.9 Å². The number of nitrogens with one attached hydrogen (secondary N) is 1. The van der Waals surface area contributed by atoms with E-state index >= 15 is 0 Å². The lowest BCUT2D eigenvalue weighted by atomic mass is 9.94. The van der Waals surface area contributed by atoms with E-state index in [9.17, 15) is 18.8 Å². The zero-order chi connectivity index (χ0) is 31.3. The van der Waals surface area contributed by atoms with Gasteiger partial charge in [0, 0.05) is 18.2 Å². The molecule has 2 aromatic carbocycles. The molecule has 0 bridgehead atoms. The minimum absolute atomic E-state index is 0.0962. The van der Waals surface area contributed by atoms with Crippen LogP contribution in [0.5, 0.6) is 0 Å². The number of likely N-dealkylation sites (tertiary alicyclic amines) is 1. The van der Waals surface area contributed by atoms with Crippen LogP contribution in [0.3, 0.4) is 0 Å². The van der Waals surface area contributed by atoms with Crippen LogP contribution in [0, 0.1) is 18.7 Å². The highest BCUT2D eigenvalue weighted by atomic mass is 32.2. The number of halogens is 1. The Kier molecular flexibility index (Phi) is 9.16. The molecule has 2 aliphatic heterocycles. The number of hydrogen-bond acceptors (Lipinski definition) is 7. The van der Waals surface area contributed by atoms with Gasteiger partial charge in [0.2, 0.25) is 11.8 Å². The second kappa shape index (κ2) is 13.6. The molecule has 2 saturated heterocycles. The van der Waals surface area contributed by atoms with Crippen LogP contribution in [0.1, 0.15) is 36.1 Å². The van der Waals surface area contributed by atoms with Gasteiger partial charge in [0.15, 0.2) is 5.17 Å². The van der Waals surface area contributed by atoms with Crippen LogP contribution in [0.15, 0.2) is 100 Å². The molecule has 3 atom stereocenters. The number of thioether (sulfide) groups is 1. The molecule has 6 rings (SSSR count). The van der Waals surface area contributed by atoms with E-state index in [2.05, 4.69) is 5.32 Å². The van der Waals surface area contributed by atoms with Crippen molar-refractivity contribution in [3.63, 3.8) is 0 Å². The monoisotopic (exact) mass is 628 g/mol. The maximum absolute atomic E-state index is 13.7. The van der Waals surface area contributed by atoms with Crippen LogP contribution in [-0.2, 0) is 27.5 Å². The predicted octanol–water partition coefficient (Wildman–Crippen LogP) is 6.24. The number of allylic oxidation sites excluding steroid dienone is 3. The molecule has 0 radical (unpaired) electrons. The number of amidine groups is 1. The third-order valence-corrected chi connectivity index (χ3v) is 9.35. The average molecular weight is 629 g/mol. The molecule has 3 heterocycles. The molecular formula is C34H33FN4O5S. The van der Waals surface area contributed by atoms with Crippen LogP contribution >= 0.6 is 11.8 Å². The van der Waals surface area contributed by atoms with Crippen molar-refractivity contribution in [2.45, 2.75) is 50.6 Å².